The molecule has 4 rings (SSSR count). The number of likely N-dealkylation sites (tertiary alicyclic amines) is 1. The van der Waals surface area contributed by atoms with Crippen LogP contribution in [0.25, 0.3) is 22.2 Å². The number of para-hydroxylation sites is 1. The molecule has 1 aliphatic heterocycles. The summed E-state index contributed by atoms with van der Waals surface area (Å²) in [5, 5.41) is 0.935. The van der Waals surface area contributed by atoms with Gasteiger partial charge in [-0.1, -0.05) is 42.5 Å². The van der Waals surface area contributed by atoms with Crippen molar-refractivity contribution in [1.82, 2.24) is 9.88 Å². The molecule has 1 fully saturated rings. The minimum Gasteiger partial charge on any atom is -0.333 e. The van der Waals surface area contributed by atoms with E-state index >= 15 is 0 Å². The third-order valence-corrected chi connectivity index (χ3v) is 5.80. The van der Waals surface area contributed by atoms with Crippen molar-refractivity contribution in [2.45, 2.75) is 52.1 Å². The molecular weight excluding hydrogens is 332 g/mol. The Labute approximate surface area is 161 Å². The number of pyridine rings is 1. The molecule has 1 saturated heterocycles. The van der Waals surface area contributed by atoms with Crippen LogP contribution >= 0.6 is 0 Å². The molecule has 138 valence electrons. The molecule has 0 bridgehead atoms. The first-order valence-corrected chi connectivity index (χ1v) is 9.84. The quantitative estimate of drug-likeness (QED) is 0.596. The zero-order valence-electron chi connectivity index (χ0n) is 16.3. The van der Waals surface area contributed by atoms with Gasteiger partial charge in [-0.25, -0.2) is 4.98 Å². The van der Waals surface area contributed by atoms with E-state index in [0.29, 0.717) is 0 Å². The van der Waals surface area contributed by atoms with Crippen molar-refractivity contribution in [3.8, 4) is 11.3 Å². The van der Waals surface area contributed by atoms with Crippen molar-refractivity contribution < 1.29 is 4.79 Å². The molecule has 2 atom stereocenters. The van der Waals surface area contributed by atoms with E-state index in [1.165, 1.54) is 12.0 Å². The third-order valence-electron chi connectivity index (χ3n) is 5.80. The topological polar surface area (TPSA) is 33.2 Å². The number of nitrogens with zero attached hydrogens (tertiary/aromatic N) is 2. The molecule has 0 N–H and O–H groups in total. The molecule has 0 saturated carbocycles. The van der Waals surface area contributed by atoms with Gasteiger partial charge >= 0.3 is 0 Å². The highest BCUT2D eigenvalue weighted by Gasteiger charge is 2.30. The van der Waals surface area contributed by atoms with Crippen molar-refractivity contribution in [3.63, 3.8) is 0 Å². The summed E-state index contributed by atoms with van der Waals surface area (Å²) in [5.74, 6) is 0.128. The fourth-order valence-corrected chi connectivity index (χ4v) is 4.31. The molecule has 1 aromatic heterocycles. The monoisotopic (exact) mass is 358 g/mol. The fourth-order valence-electron chi connectivity index (χ4n) is 4.31. The molecule has 2 unspecified atom stereocenters. The molecule has 3 heteroatoms. The number of rotatable bonds is 2. The second kappa shape index (κ2) is 7.15. The van der Waals surface area contributed by atoms with Crippen molar-refractivity contribution >= 4 is 16.8 Å². The van der Waals surface area contributed by atoms with Crippen LogP contribution < -0.4 is 0 Å². The maximum Gasteiger partial charge on any atom is 0.255 e. The SMILES string of the molecule is Cc1ccccc1-c1cc(C(=O)N2C(C)CCCC2C)c2ccccc2n1. The first-order chi connectivity index (χ1) is 13.1. The van der Waals surface area contributed by atoms with E-state index in [1.54, 1.807) is 0 Å². The van der Waals surface area contributed by atoms with Gasteiger partial charge in [0.1, 0.15) is 0 Å². The predicted octanol–water partition coefficient (Wildman–Crippen LogP) is 5.61. The van der Waals surface area contributed by atoms with Crippen LogP contribution in [0.3, 0.4) is 0 Å². The summed E-state index contributed by atoms with van der Waals surface area (Å²) < 4.78 is 0. The average molecular weight is 358 g/mol. The summed E-state index contributed by atoms with van der Waals surface area (Å²) >= 11 is 0. The maximum atomic E-state index is 13.6. The molecule has 2 heterocycles. The van der Waals surface area contributed by atoms with E-state index < -0.39 is 0 Å². The summed E-state index contributed by atoms with van der Waals surface area (Å²) in [6.45, 7) is 6.42. The Morgan fingerprint density at radius 1 is 1.00 bits per heavy atom. The van der Waals surface area contributed by atoms with E-state index in [9.17, 15) is 4.79 Å². The summed E-state index contributed by atoms with van der Waals surface area (Å²) in [7, 11) is 0. The van der Waals surface area contributed by atoms with Crippen molar-refractivity contribution in [3.05, 3.63) is 65.7 Å². The summed E-state index contributed by atoms with van der Waals surface area (Å²) in [5.41, 5.74) is 4.75. The number of hydrogen-bond acceptors (Lipinski definition) is 2. The fraction of sp³-hybridized carbons (Fsp3) is 0.333. The number of carbonyl (C=O) groups excluding carboxylic acids is 1. The van der Waals surface area contributed by atoms with Crippen molar-refractivity contribution in [1.29, 1.82) is 0 Å². The lowest BCUT2D eigenvalue weighted by atomic mass is 9.95. The first kappa shape index (κ1) is 17.7. The molecule has 0 spiro atoms. The number of carbonyl (C=O) groups is 1. The Morgan fingerprint density at radius 3 is 2.41 bits per heavy atom. The van der Waals surface area contributed by atoms with Crippen LogP contribution in [0.5, 0.6) is 0 Å². The van der Waals surface area contributed by atoms with Gasteiger partial charge in [-0.05, 0) is 57.7 Å². The standard InChI is InChI=1S/C24H26N2O/c1-16-9-4-5-12-19(16)23-15-21(20-13-6-7-14-22(20)25-23)24(27)26-17(2)10-8-11-18(26)3/h4-7,9,12-15,17-18H,8,10-11H2,1-3H3. The van der Waals surface area contributed by atoms with Crippen LogP contribution in [0.15, 0.2) is 54.6 Å². The highest BCUT2D eigenvalue weighted by Crippen LogP contribution is 2.30. The Bertz CT molecular complexity index is 985. The van der Waals surface area contributed by atoms with Gasteiger partial charge in [0.05, 0.1) is 16.8 Å². The molecule has 2 aromatic carbocycles. The predicted molar refractivity (Wildman–Crippen MR) is 111 cm³/mol. The van der Waals surface area contributed by atoms with E-state index in [0.717, 1.165) is 40.6 Å². The lowest BCUT2D eigenvalue weighted by Gasteiger charge is -2.39. The van der Waals surface area contributed by atoms with Crippen molar-refractivity contribution in [2.24, 2.45) is 0 Å². The van der Waals surface area contributed by atoms with Gasteiger partial charge in [0.25, 0.3) is 5.91 Å². The van der Waals surface area contributed by atoms with E-state index in [4.69, 9.17) is 4.98 Å². The maximum absolute atomic E-state index is 13.6. The molecule has 1 amide bonds. The number of benzene rings is 2. The van der Waals surface area contributed by atoms with Crippen LogP contribution in [-0.4, -0.2) is 27.9 Å². The van der Waals surface area contributed by atoms with Gasteiger partial charge in [-0.15, -0.1) is 0 Å². The van der Waals surface area contributed by atoms with Crippen LogP contribution in [-0.2, 0) is 0 Å². The highest BCUT2D eigenvalue weighted by atomic mass is 16.2. The van der Waals surface area contributed by atoms with Crippen LogP contribution in [0.2, 0.25) is 0 Å². The normalized spacial score (nSPS) is 20.0. The van der Waals surface area contributed by atoms with Gasteiger partial charge in [-0.3, -0.25) is 4.79 Å². The number of amides is 1. The molecular formula is C24H26N2O. The van der Waals surface area contributed by atoms with Gasteiger partial charge in [-0.2, -0.15) is 0 Å². The van der Waals surface area contributed by atoms with E-state index in [-0.39, 0.29) is 18.0 Å². The number of aryl methyl sites for hydroxylation is 1. The second-order valence-electron chi connectivity index (χ2n) is 7.73. The van der Waals surface area contributed by atoms with Gasteiger partial charge in [0.15, 0.2) is 0 Å². The molecule has 27 heavy (non-hydrogen) atoms. The summed E-state index contributed by atoms with van der Waals surface area (Å²) in [4.78, 5) is 20.5. The molecule has 3 nitrogen and oxygen atoms in total. The van der Waals surface area contributed by atoms with E-state index in [1.807, 2.05) is 42.5 Å². The van der Waals surface area contributed by atoms with Crippen LogP contribution in [0, 0.1) is 6.92 Å². The Morgan fingerprint density at radius 2 is 1.67 bits per heavy atom. The zero-order valence-corrected chi connectivity index (χ0v) is 16.3. The van der Waals surface area contributed by atoms with Crippen molar-refractivity contribution in [2.75, 3.05) is 0 Å². The lowest BCUT2D eigenvalue weighted by molar-refractivity contribution is 0.0513. The number of piperidine rings is 1. The first-order valence-electron chi connectivity index (χ1n) is 9.84. The third kappa shape index (κ3) is 3.23. The molecule has 3 aromatic rings. The summed E-state index contributed by atoms with van der Waals surface area (Å²) in [6.07, 6.45) is 3.34. The second-order valence-corrected chi connectivity index (χ2v) is 7.73. The number of aromatic nitrogens is 1. The number of fused-ring (bicyclic) bond motifs is 1. The molecule has 0 radical (unpaired) electrons. The number of hydrogen-bond donors (Lipinski definition) is 0. The Kier molecular flexibility index (Phi) is 4.69. The molecule has 0 aliphatic carbocycles. The zero-order chi connectivity index (χ0) is 19.0. The average Bonchev–Trinajstić information content (AvgIpc) is 2.67. The molecule has 1 aliphatic rings. The van der Waals surface area contributed by atoms with Crippen LogP contribution in [0.4, 0.5) is 0 Å². The Balaban J connectivity index is 1.89. The van der Waals surface area contributed by atoms with Gasteiger partial charge in [0.2, 0.25) is 0 Å². The largest absolute Gasteiger partial charge is 0.333 e. The smallest absolute Gasteiger partial charge is 0.255 e. The van der Waals surface area contributed by atoms with E-state index in [2.05, 4.69) is 37.8 Å². The highest BCUT2D eigenvalue weighted by molar-refractivity contribution is 6.07. The van der Waals surface area contributed by atoms with Crippen LogP contribution in [0.1, 0.15) is 49.0 Å². The minimum atomic E-state index is 0.128. The van der Waals surface area contributed by atoms with Gasteiger partial charge < -0.3 is 4.90 Å². The summed E-state index contributed by atoms with van der Waals surface area (Å²) in [6, 6.07) is 18.7. The minimum absolute atomic E-state index is 0.128. The lowest BCUT2D eigenvalue weighted by Crippen LogP contribution is -2.47. The van der Waals surface area contributed by atoms with Gasteiger partial charge in [0, 0.05) is 23.0 Å². The Hall–Kier alpha value is -2.68.